The molecule has 2 fully saturated rings. The van der Waals surface area contributed by atoms with E-state index in [9.17, 15) is 9.18 Å². The highest BCUT2D eigenvalue weighted by molar-refractivity contribution is 5.94. The van der Waals surface area contributed by atoms with Crippen LogP contribution < -0.4 is 10.1 Å². The maximum Gasteiger partial charge on any atom is 0.254 e. The molecule has 2 heterocycles. The summed E-state index contributed by atoms with van der Waals surface area (Å²) in [5.74, 6) is 0.118. The lowest BCUT2D eigenvalue weighted by atomic mass is 10.1. The monoisotopic (exact) mass is 264 g/mol. The highest BCUT2D eigenvalue weighted by Gasteiger charge is 2.38. The van der Waals surface area contributed by atoms with Gasteiger partial charge in [0, 0.05) is 24.7 Å². The fourth-order valence-electron chi connectivity index (χ4n) is 3.00. The molecule has 3 rings (SSSR count). The lowest BCUT2D eigenvalue weighted by Crippen LogP contribution is -2.34. The number of hydrogen-bond acceptors (Lipinski definition) is 3. The fraction of sp³-hybridized carbons (Fsp3) is 0.500. The van der Waals surface area contributed by atoms with Crippen LogP contribution in [-0.2, 0) is 0 Å². The molecule has 1 amide bonds. The molecule has 1 aromatic carbocycles. The zero-order valence-electron chi connectivity index (χ0n) is 10.9. The van der Waals surface area contributed by atoms with E-state index in [1.54, 1.807) is 6.07 Å². The summed E-state index contributed by atoms with van der Waals surface area (Å²) < 4.78 is 18.5. The minimum Gasteiger partial charge on any atom is -0.494 e. The van der Waals surface area contributed by atoms with Crippen LogP contribution in [-0.4, -0.2) is 43.6 Å². The number of ether oxygens (including phenoxy) is 1. The second-order valence-electron chi connectivity index (χ2n) is 5.17. The van der Waals surface area contributed by atoms with Crippen molar-refractivity contribution in [3.8, 4) is 5.75 Å². The summed E-state index contributed by atoms with van der Waals surface area (Å²) in [6.45, 7) is 2.52. The first kappa shape index (κ1) is 12.4. The van der Waals surface area contributed by atoms with Gasteiger partial charge in [-0.1, -0.05) is 0 Å². The Labute approximate surface area is 111 Å². The summed E-state index contributed by atoms with van der Waals surface area (Å²) in [6, 6.07) is 4.78. The summed E-state index contributed by atoms with van der Waals surface area (Å²) >= 11 is 0. The average molecular weight is 264 g/mol. The van der Waals surface area contributed by atoms with Gasteiger partial charge in [0.1, 0.15) is 0 Å². The largest absolute Gasteiger partial charge is 0.494 e. The maximum absolute atomic E-state index is 13.6. The van der Waals surface area contributed by atoms with Crippen molar-refractivity contribution in [3.05, 3.63) is 29.6 Å². The van der Waals surface area contributed by atoms with E-state index in [0.717, 1.165) is 26.1 Å². The number of nitrogens with one attached hydrogen (secondary N) is 1. The summed E-state index contributed by atoms with van der Waals surface area (Å²) in [5.41, 5.74) is 0.387. The topological polar surface area (TPSA) is 41.6 Å². The van der Waals surface area contributed by atoms with Crippen molar-refractivity contribution in [1.29, 1.82) is 0 Å². The van der Waals surface area contributed by atoms with Gasteiger partial charge in [0.05, 0.1) is 7.11 Å². The van der Waals surface area contributed by atoms with Gasteiger partial charge < -0.3 is 15.0 Å². The zero-order chi connectivity index (χ0) is 13.4. The van der Waals surface area contributed by atoms with Gasteiger partial charge in [-0.05, 0) is 37.1 Å². The Hall–Kier alpha value is -1.62. The molecule has 5 heteroatoms. The van der Waals surface area contributed by atoms with E-state index in [-0.39, 0.29) is 11.7 Å². The molecule has 0 saturated carbocycles. The molecule has 2 aliphatic heterocycles. The van der Waals surface area contributed by atoms with Crippen molar-refractivity contribution < 1.29 is 13.9 Å². The number of hydrogen-bond donors (Lipinski definition) is 1. The number of benzene rings is 1. The van der Waals surface area contributed by atoms with Gasteiger partial charge in [-0.3, -0.25) is 4.79 Å². The first-order chi connectivity index (χ1) is 9.19. The number of likely N-dealkylation sites (tertiary alicyclic amines) is 1. The summed E-state index contributed by atoms with van der Waals surface area (Å²) in [5, 5.41) is 3.40. The van der Waals surface area contributed by atoms with Crippen molar-refractivity contribution in [1.82, 2.24) is 10.2 Å². The van der Waals surface area contributed by atoms with Gasteiger partial charge in [-0.25, -0.2) is 4.39 Å². The van der Waals surface area contributed by atoms with Crippen LogP contribution in [0.3, 0.4) is 0 Å². The Morgan fingerprint density at radius 1 is 1.47 bits per heavy atom. The standard InChI is InChI=1S/C14H17FN2O2/c1-19-13-3-2-9(6-11(13)15)14(18)17-7-10-4-5-16-12(10)8-17/h2-3,6,10,12,16H,4-5,7-8H2,1H3/t10-,12+/m0/s1. The third kappa shape index (κ3) is 2.18. The van der Waals surface area contributed by atoms with Crippen molar-refractivity contribution in [3.63, 3.8) is 0 Å². The summed E-state index contributed by atoms with van der Waals surface area (Å²) in [4.78, 5) is 14.1. The number of fused-ring (bicyclic) bond motifs is 1. The minimum atomic E-state index is -0.495. The van der Waals surface area contributed by atoms with E-state index in [4.69, 9.17) is 4.74 Å². The number of rotatable bonds is 2. The van der Waals surface area contributed by atoms with E-state index in [0.29, 0.717) is 17.5 Å². The van der Waals surface area contributed by atoms with Crippen molar-refractivity contribution in [2.45, 2.75) is 12.5 Å². The van der Waals surface area contributed by atoms with E-state index in [1.165, 1.54) is 19.2 Å². The van der Waals surface area contributed by atoms with E-state index in [2.05, 4.69) is 5.32 Å². The highest BCUT2D eigenvalue weighted by atomic mass is 19.1. The summed E-state index contributed by atoms with van der Waals surface area (Å²) in [7, 11) is 1.41. The molecule has 0 bridgehead atoms. The fourth-order valence-corrected chi connectivity index (χ4v) is 3.00. The third-order valence-electron chi connectivity index (χ3n) is 4.05. The van der Waals surface area contributed by atoms with Gasteiger partial charge in [0.2, 0.25) is 0 Å². The van der Waals surface area contributed by atoms with Crippen LogP contribution in [0.15, 0.2) is 18.2 Å². The van der Waals surface area contributed by atoms with Crippen molar-refractivity contribution >= 4 is 5.91 Å². The molecular formula is C14H17FN2O2. The van der Waals surface area contributed by atoms with Gasteiger partial charge in [0.25, 0.3) is 5.91 Å². The quantitative estimate of drug-likeness (QED) is 0.874. The molecule has 1 aromatic rings. The number of amides is 1. The number of methoxy groups -OCH3 is 1. The Morgan fingerprint density at radius 2 is 2.32 bits per heavy atom. The number of nitrogens with zero attached hydrogens (tertiary/aromatic N) is 1. The van der Waals surface area contributed by atoms with Gasteiger partial charge in [-0.15, -0.1) is 0 Å². The SMILES string of the molecule is COc1ccc(C(=O)N2C[C@@H]3CCN[C@@H]3C2)cc1F. The normalized spacial score (nSPS) is 25.5. The second kappa shape index (κ2) is 4.81. The van der Waals surface area contributed by atoms with Gasteiger partial charge in [0.15, 0.2) is 11.6 Å². The lowest BCUT2D eigenvalue weighted by molar-refractivity contribution is 0.0782. The molecule has 102 valence electrons. The van der Waals surface area contributed by atoms with Crippen LogP contribution in [0, 0.1) is 11.7 Å². The smallest absolute Gasteiger partial charge is 0.254 e. The van der Waals surface area contributed by atoms with Gasteiger partial charge in [-0.2, -0.15) is 0 Å². The number of carbonyl (C=O) groups excluding carboxylic acids is 1. The highest BCUT2D eigenvalue weighted by Crippen LogP contribution is 2.26. The van der Waals surface area contributed by atoms with Crippen molar-refractivity contribution in [2.75, 3.05) is 26.7 Å². The first-order valence-corrected chi connectivity index (χ1v) is 6.55. The Morgan fingerprint density at radius 3 is 3.00 bits per heavy atom. The van der Waals surface area contributed by atoms with E-state index in [1.807, 2.05) is 4.90 Å². The molecule has 4 nitrogen and oxygen atoms in total. The van der Waals surface area contributed by atoms with Crippen LogP contribution in [0.25, 0.3) is 0 Å². The zero-order valence-corrected chi connectivity index (χ0v) is 10.9. The van der Waals surface area contributed by atoms with Crippen LogP contribution in [0.5, 0.6) is 5.75 Å². The van der Waals surface area contributed by atoms with Gasteiger partial charge >= 0.3 is 0 Å². The molecule has 0 unspecified atom stereocenters. The molecule has 19 heavy (non-hydrogen) atoms. The number of carbonyl (C=O) groups is 1. The lowest BCUT2D eigenvalue weighted by Gasteiger charge is -2.17. The average Bonchev–Trinajstić information content (AvgIpc) is 2.98. The molecule has 2 aliphatic rings. The Balaban J connectivity index is 1.75. The van der Waals surface area contributed by atoms with Crippen molar-refractivity contribution in [2.24, 2.45) is 5.92 Å². The van der Waals surface area contributed by atoms with Crippen LogP contribution in [0.2, 0.25) is 0 Å². The molecular weight excluding hydrogens is 247 g/mol. The Kier molecular flexibility index (Phi) is 3.14. The molecule has 1 N–H and O–H groups in total. The van der Waals surface area contributed by atoms with Crippen LogP contribution in [0.1, 0.15) is 16.8 Å². The van der Waals surface area contributed by atoms with E-state index < -0.39 is 5.82 Å². The maximum atomic E-state index is 13.6. The third-order valence-corrected chi connectivity index (χ3v) is 4.05. The van der Waals surface area contributed by atoms with Crippen LogP contribution >= 0.6 is 0 Å². The Bertz CT molecular complexity index is 494. The molecule has 2 atom stereocenters. The predicted octanol–water partition coefficient (Wildman–Crippen LogP) is 1.27. The molecule has 0 aromatic heterocycles. The predicted molar refractivity (Wildman–Crippen MR) is 68.8 cm³/mol. The number of halogens is 1. The molecule has 0 radical (unpaired) electrons. The minimum absolute atomic E-state index is 0.0993. The second-order valence-corrected chi connectivity index (χ2v) is 5.17. The van der Waals surface area contributed by atoms with Crippen LogP contribution in [0.4, 0.5) is 4.39 Å². The van der Waals surface area contributed by atoms with E-state index >= 15 is 0 Å². The molecule has 0 spiro atoms. The molecule has 0 aliphatic carbocycles. The summed E-state index contributed by atoms with van der Waals surface area (Å²) in [6.07, 6.45) is 1.12. The first-order valence-electron chi connectivity index (χ1n) is 6.55. The molecule has 2 saturated heterocycles.